The predicted octanol–water partition coefficient (Wildman–Crippen LogP) is 3.17. The highest BCUT2D eigenvalue weighted by atomic mass is 19.4. The lowest BCUT2D eigenvalue weighted by Crippen LogP contribution is -2.51. The number of ether oxygens (including phenoxy) is 1. The Morgan fingerprint density at radius 2 is 1.92 bits per heavy atom. The average molecular weight is 363 g/mol. The molecule has 0 N–H and O–H groups in total. The highest BCUT2D eigenvalue weighted by Crippen LogP contribution is 2.53. The Morgan fingerprint density at radius 1 is 1.32 bits per heavy atom. The van der Waals surface area contributed by atoms with Crippen molar-refractivity contribution in [1.82, 2.24) is 9.91 Å². The second kappa shape index (κ2) is 6.49. The van der Waals surface area contributed by atoms with Crippen LogP contribution in [0.4, 0.5) is 18.0 Å². The molecule has 0 unspecified atom stereocenters. The minimum Gasteiger partial charge on any atom is -0.444 e. The summed E-state index contributed by atoms with van der Waals surface area (Å²) in [6.45, 7) is 4.77. The van der Waals surface area contributed by atoms with Crippen LogP contribution >= 0.6 is 0 Å². The molecular formula is C16H24F3N3O3. The molecule has 0 radical (unpaired) electrons. The molecular weight excluding hydrogens is 339 g/mol. The summed E-state index contributed by atoms with van der Waals surface area (Å²) in [5.74, 6) is -0.469. The maximum absolute atomic E-state index is 13.3. The number of halogens is 3. The van der Waals surface area contributed by atoms with Gasteiger partial charge in [-0.3, -0.25) is 4.79 Å². The van der Waals surface area contributed by atoms with Gasteiger partial charge in [-0.1, -0.05) is 6.42 Å². The Bertz CT molecular complexity index is 577. The standard InChI is InChI=1S/C16H24F3N3O3/c1-14(2,3)25-13(24)21(4)9-11-8-12(23)22(20-11)10-15(6-5-7-15)16(17,18)19/h5-10H2,1-4H3. The van der Waals surface area contributed by atoms with Crippen molar-refractivity contribution in [2.24, 2.45) is 10.5 Å². The summed E-state index contributed by atoms with van der Waals surface area (Å²) in [6.07, 6.45) is -4.48. The van der Waals surface area contributed by atoms with Gasteiger partial charge in [0.05, 0.1) is 30.6 Å². The smallest absolute Gasteiger partial charge is 0.410 e. The minimum absolute atomic E-state index is 0.0168. The molecule has 0 aromatic rings. The molecule has 1 aliphatic carbocycles. The van der Waals surface area contributed by atoms with E-state index >= 15 is 0 Å². The van der Waals surface area contributed by atoms with Crippen LogP contribution in [-0.4, -0.2) is 59.5 Å². The summed E-state index contributed by atoms with van der Waals surface area (Å²) in [5, 5.41) is 4.93. The molecule has 2 aliphatic rings. The van der Waals surface area contributed by atoms with Gasteiger partial charge in [-0.2, -0.15) is 18.3 Å². The second-order valence-corrected chi connectivity index (χ2v) is 7.76. The first kappa shape index (κ1) is 19.5. The van der Waals surface area contributed by atoms with E-state index in [4.69, 9.17) is 4.74 Å². The van der Waals surface area contributed by atoms with E-state index in [0.29, 0.717) is 12.1 Å². The van der Waals surface area contributed by atoms with E-state index in [1.165, 1.54) is 11.9 Å². The van der Waals surface area contributed by atoms with Gasteiger partial charge in [0.1, 0.15) is 5.60 Å². The molecule has 0 aromatic carbocycles. The number of nitrogens with zero attached hydrogens (tertiary/aromatic N) is 3. The Labute approximate surface area is 145 Å². The lowest BCUT2D eigenvalue weighted by Gasteiger charge is -2.44. The van der Waals surface area contributed by atoms with Gasteiger partial charge in [0.2, 0.25) is 5.91 Å². The molecule has 1 saturated carbocycles. The molecule has 0 atom stereocenters. The van der Waals surface area contributed by atoms with Crippen LogP contribution in [0.25, 0.3) is 0 Å². The van der Waals surface area contributed by atoms with Crippen molar-refractivity contribution in [2.75, 3.05) is 20.1 Å². The zero-order valence-corrected chi connectivity index (χ0v) is 14.9. The van der Waals surface area contributed by atoms with Gasteiger partial charge in [0, 0.05) is 7.05 Å². The van der Waals surface area contributed by atoms with Crippen molar-refractivity contribution in [2.45, 2.75) is 58.2 Å². The van der Waals surface area contributed by atoms with Crippen LogP contribution in [0.5, 0.6) is 0 Å². The maximum atomic E-state index is 13.3. The molecule has 1 aliphatic heterocycles. The van der Waals surface area contributed by atoms with Crippen LogP contribution in [0.15, 0.2) is 5.10 Å². The third kappa shape index (κ3) is 4.43. The van der Waals surface area contributed by atoms with Gasteiger partial charge in [-0.15, -0.1) is 0 Å². The van der Waals surface area contributed by atoms with E-state index in [1.54, 1.807) is 20.8 Å². The normalized spacial score (nSPS) is 20.2. The third-order valence-corrected chi connectivity index (χ3v) is 4.39. The van der Waals surface area contributed by atoms with Gasteiger partial charge < -0.3 is 9.64 Å². The van der Waals surface area contributed by atoms with Crippen molar-refractivity contribution in [3.05, 3.63) is 0 Å². The Morgan fingerprint density at radius 3 is 2.36 bits per heavy atom. The van der Waals surface area contributed by atoms with E-state index in [9.17, 15) is 22.8 Å². The monoisotopic (exact) mass is 363 g/mol. The minimum atomic E-state index is -4.35. The number of hydrogen-bond donors (Lipinski definition) is 0. The highest BCUT2D eigenvalue weighted by Gasteiger charge is 2.59. The molecule has 0 spiro atoms. The van der Waals surface area contributed by atoms with Crippen LogP contribution in [0.1, 0.15) is 46.5 Å². The lowest BCUT2D eigenvalue weighted by molar-refractivity contribution is -0.255. The lowest BCUT2D eigenvalue weighted by atomic mass is 9.68. The predicted molar refractivity (Wildman–Crippen MR) is 85.0 cm³/mol. The quantitative estimate of drug-likeness (QED) is 0.771. The van der Waals surface area contributed by atoms with E-state index in [2.05, 4.69) is 5.10 Å². The van der Waals surface area contributed by atoms with Crippen molar-refractivity contribution >= 4 is 17.7 Å². The van der Waals surface area contributed by atoms with E-state index in [1.807, 2.05) is 0 Å². The molecule has 25 heavy (non-hydrogen) atoms. The molecule has 2 amide bonds. The number of carbonyl (C=O) groups excluding carboxylic acids is 2. The summed E-state index contributed by atoms with van der Waals surface area (Å²) < 4.78 is 45.0. The van der Waals surface area contributed by atoms with Crippen LogP contribution in [0.2, 0.25) is 0 Å². The molecule has 142 valence electrons. The summed E-state index contributed by atoms with van der Waals surface area (Å²) in [6, 6.07) is 0. The molecule has 1 heterocycles. The Kier molecular flexibility index (Phi) is 5.07. The number of rotatable bonds is 4. The van der Waals surface area contributed by atoms with E-state index in [0.717, 1.165) is 5.01 Å². The second-order valence-electron chi connectivity index (χ2n) is 7.76. The SMILES string of the molecule is CN(CC1=NN(CC2(C(F)(F)F)CCC2)C(=O)C1)C(=O)OC(C)(C)C. The first-order valence-electron chi connectivity index (χ1n) is 8.21. The molecule has 0 aromatic heterocycles. The van der Waals surface area contributed by atoms with Gasteiger partial charge in [0.25, 0.3) is 0 Å². The molecule has 9 heteroatoms. The largest absolute Gasteiger partial charge is 0.444 e. The zero-order chi connectivity index (χ0) is 19.0. The molecule has 0 bridgehead atoms. The van der Waals surface area contributed by atoms with Crippen molar-refractivity contribution in [3.63, 3.8) is 0 Å². The Balaban J connectivity index is 1.99. The van der Waals surface area contributed by atoms with Gasteiger partial charge >= 0.3 is 12.3 Å². The van der Waals surface area contributed by atoms with Gasteiger partial charge in [0.15, 0.2) is 0 Å². The molecule has 0 saturated heterocycles. The summed E-state index contributed by atoms with van der Waals surface area (Å²) in [7, 11) is 1.49. The highest BCUT2D eigenvalue weighted by molar-refractivity contribution is 6.06. The number of amides is 2. The number of hydrazone groups is 1. The fourth-order valence-electron chi connectivity index (χ4n) is 2.84. The molecule has 2 rings (SSSR count). The van der Waals surface area contributed by atoms with Gasteiger partial charge in [-0.25, -0.2) is 9.80 Å². The van der Waals surface area contributed by atoms with E-state index < -0.39 is 35.7 Å². The fourth-order valence-corrected chi connectivity index (χ4v) is 2.84. The Hall–Kier alpha value is -1.80. The van der Waals surface area contributed by atoms with Crippen molar-refractivity contribution in [3.8, 4) is 0 Å². The van der Waals surface area contributed by atoms with E-state index in [-0.39, 0.29) is 25.8 Å². The molecule has 6 nitrogen and oxygen atoms in total. The number of hydrogen-bond acceptors (Lipinski definition) is 4. The number of alkyl halides is 3. The topological polar surface area (TPSA) is 62.2 Å². The van der Waals surface area contributed by atoms with Crippen LogP contribution in [0.3, 0.4) is 0 Å². The van der Waals surface area contributed by atoms with Crippen molar-refractivity contribution in [1.29, 1.82) is 0 Å². The van der Waals surface area contributed by atoms with Crippen LogP contribution < -0.4 is 0 Å². The maximum Gasteiger partial charge on any atom is 0.410 e. The van der Waals surface area contributed by atoms with Crippen molar-refractivity contribution < 1.29 is 27.5 Å². The van der Waals surface area contributed by atoms with Gasteiger partial charge in [-0.05, 0) is 33.6 Å². The third-order valence-electron chi connectivity index (χ3n) is 4.39. The van der Waals surface area contributed by atoms with Crippen LogP contribution in [-0.2, 0) is 9.53 Å². The molecule has 1 fully saturated rings. The number of carbonyl (C=O) groups is 2. The average Bonchev–Trinajstić information content (AvgIpc) is 2.70. The summed E-state index contributed by atoms with van der Waals surface area (Å²) in [4.78, 5) is 25.2. The first-order valence-corrected chi connectivity index (χ1v) is 8.21. The van der Waals surface area contributed by atoms with Crippen LogP contribution in [0, 0.1) is 5.41 Å². The first-order chi connectivity index (χ1) is 11.3. The fraction of sp³-hybridized carbons (Fsp3) is 0.812. The summed E-state index contributed by atoms with van der Waals surface area (Å²) >= 11 is 0. The summed E-state index contributed by atoms with van der Waals surface area (Å²) in [5.41, 5.74) is -2.15. The zero-order valence-electron chi connectivity index (χ0n) is 14.9.